The van der Waals surface area contributed by atoms with Crippen LogP contribution in [0.3, 0.4) is 0 Å². The van der Waals surface area contributed by atoms with Crippen LogP contribution in [0.25, 0.3) is 0 Å². The van der Waals surface area contributed by atoms with E-state index in [0.717, 1.165) is 34.8 Å². The summed E-state index contributed by atoms with van der Waals surface area (Å²) < 4.78 is 14.2. The molecular formula is C18H18FIN2S. The lowest BCUT2D eigenvalue weighted by Gasteiger charge is -2.24. The molecule has 0 unspecified atom stereocenters. The van der Waals surface area contributed by atoms with Crippen LogP contribution in [0.15, 0.2) is 59.6 Å². The lowest BCUT2D eigenvalue weighted by molar-refractivity contribution is 0.414. The monoisotopic (exact) mass is 440 g/mol. The van der Waals surface area contributed by atoms with Crippen LogP contribution in [0, 0.1) is 5.82 Å². The van der Waals surface area contributed by atoms with Gasteiger partial charge in [-0.15, -0.1) is 0 Å². The Labute approximate surface area is 154 Å². The molecule has 2 aromatic carbocycles. The summed E-state index contributed by atoms with van der Waals surface area (Å²) in [5.74, 6) is -0.194. The minimum atomic E-state index is -0.194. The van der Waals surface area contributed by atoms with E-state index in [4.69, 9.17) is 4.99 Å². The number of hydrogen-bond donors (Lipinski definition) is 0. The Morgan fingerprint density at radius 2 is 1.70 bits per heavy atom. The van der Waals surface area contributed by atoms with Crippen LogP contribution in [-0.4, -0.2) is 26.3 Å². The highest BCUT2D eigenvalue weighted by molar-refractivity contribution is 14.1. The van der Waals surface area contributed by atoms with Gasteiger partial charge < -0.3 is 4.90 Å². The summed E-state index contributed by atoms with van der Waals surface area (Å²) >= 11 is 4.27. The highest BCUT2D eigenvalue weighted by Crippen LogP contribution is 2.27. The smallest absolute Gasteiger partial charge is 0.160 e. The van der Waals surface area contributed by atoms with Gasteiger partial charge in [0.1, 0.15) is 5.82 Å². The van der Waals surface area contributed by atoms with E-state index in [2.05, 4.69) is 51.8 Å². The molecule has 1 atom stereocenters. The van der Waals surface area contributed by atoms with Gasteiger partial charge in [-0.05, 0) is 23.3 Å². The standard InChI is InChI=1S/C18H18FIN2S/c19-16-8-6-15(7-9-16)13-22(12-14-4-2-1-3-5-14)18-21-11-17(10-20)23-18/h1-9,17H,10-13H2/t17-/m0/s1. The van der Waals surface area contributed by atoms with E-state index in [1.54, 1.807) is 0 Å². The van der Waals surface area contributed by atoms with Crippen molar-refractivity contribution in [1.29, 1.82) is 0 Å². The SMILES string of the molecule is Fc1ccc(CN(Cc2ccccc2)C2=NC[C@H](CI)S2)cc1. The van der Waals surface area contributed by atoms with Gasteiger partial charge in [0.25, 0.3) is 0 Å². The predicted octanol–water partition coefficient (Wildman–Crippen LogP) is 4.73. The molecule has 120 valence electrons. The van der Waals surface area contributed by atoms with Crippen molar-refractivity contribution in [1.82, 2.24) is 4.90 Å². The van der Waals surface area contributed by atoms with E-state index in [1.807, 2.05) is 30.0 Å². The molecule has 0 saturated carbocycles. The van der Waals surface area contributed by atoms with E-state index in [9.17, 15) is 4.39 Å². The molecule has 0 aromatic heterocycles. The van der Waals surface area contributed by atoms with Gasteiger partial charge in [0.15, 0.2) is 5.17 Å². The largest absolute Gasteiger partial charge is 0.343 e. The normalized spacial score (nSPS) is 17.1. The second-order valence-corrected chi connectivity index (χ2v) is 7.63. The average Bonchev–Trinajstić information content (AvgIpc) is 3.06. The summed E-state index contributed by atoms with van der Waals surface area (Å²) in [4.78, 5) is 7.02. The Balaban J connectivity index is 1.77. The maximum absolute atomic E-state index is 13.1. The van der Waals surface area contributed by atoms with Crippen molar-refractivity contribution >= 4 is 39.5 Å². The third kappa shape index (κ3) is 4.70. The summed E-state index contributed by atoms with van der Waals surface area (Å²) in [5.41, 5.74) is 2.36. The average molecular weight is 440 g/mol. The fourth-order valence-corrected chi connectivity index (χ4v) is 4.22. The van der Waals surface area contributed by atoms with Gasteiger partial charge in [0.05, 0.1) is 6.54 Å². The van der Waals surface area contributed by atoms with E-state index >= 15 is 0 Å². The summed E-state index contributed by atoms with van der Waals surface area (Å²) in [6.07, 6.45) is 0. The zero-order chi connectivity index (χ0) is 16.1. The van der Waals surface area contributed by atoms with Crippen LogP contribution < -0.4 is 0 Å². The van der Waals surface area contributed by atoms with Crippen molar-refractivity contribution in [2.75, 3.05) is 11.0 Å². The summed E-state index contributed by atoms with van der Waals surface area (Å²) in [5, 5.41) is 1.66. The Morgan fingerprint density at radius 1 is 1.04 bits per heavy atom. The third-order valence-electron chi connectivity index (χ3n) is 3.65. The lowest BCUT2D eigenvalue weighted by atomic mass is 10.2. The molecule has 23 heavy (non-hydrogen) atoms. The van der Waals surface area contributed by atoms with Crippen LogP contribution in [0.5, 0.6) is 0 Å². The predicted molar refractivity (Wildman–Crippen MR) is 105 cm³/mol. The number of alkyl halides is 1. The zero-order valence-corrected chi connectivity index (χ0v) is 15.6. The number of hydrogen-bond acceptors (Lipinski definition) is 3. The molecular weight excluding hydrogens is 422 g/mol. The van der Waals surface area contributed by atoms with Gasteiger partial charge in [0.2, 0.25) is 0 Å². The van der Waals surface area contributed by atoms with Crippen molar-refractivity contribution in [2.24, 2.45) is 4.99 Å². The van der Waals surface area contributed by atoms with E-state index in [0.29, 0.717) is 5.25 Å². The first-order valence-corrected chi connectivity index (χ1v) is 9.95. The van der Waals surface area contributed by atoms with Gasteiger partial charge in [-0.25, -0.2) is 4.39 Å². The molecule has 1 heterocycles. The first kappa shape index (κ1) is 16.8. The lowest BCUT2D eigenvalue weighted by Crippen LogP contribution is -2.27. The minimum Gasteiger partial charge on any atom is -0.343 e. The molecule has 0 fully saturated rings. The molecule has 0 amide bonds. The first-order valence-electron chi connectivity index (χ1n) is 7.55. The van der Waals surface area contributed by atoms with Gasteiger partial charge in [-0.1, -0.05) is 76.8 Å². The molecule has 0 saturated heterocycles. The van der Waals surface area contributed by atoms with Gasteiger partial charge in [0, 0.05) is 22.8 Å². The highest BCUT2D eigenvalue weighted by Gasteiger charge is 2.23. The number of benzene rings is 2. The number of rotatable bonds is 5. The molecule has 0 radical (unpaired) electrons. The van der Waals surface area contributed by atoms with E-state index in [-0.39, 0.29) is 5.82 Å². The topological polar surface area (TPSA) is 15.6 Å². The van der Waals surface area contributed by atoms with Crippen LogP contribution in [0.4, 0.5) is 4.39 Å². The second-order valence-electron chi connectivity index (χ2n) is 5.49. The summed E-state index contributed by atoms with van der Waals surface area (Å²) in [6.45, 7) is 2.45. The second kappa shape index (κ2) is 8.15. The van der Waals surface area contributed by atoms with Crippen LogP contribution in [0.1, 0.15) is 11.1 Å². The van der Waals surface area contributed by atoms with Crippen molar-refractivity contribution in [2.45, 2.75) is 18.3 Å². The zero-order valence-electron chi connectivity index (χ0n) is 12.7. The van der Waals surface area contributed by atoms with Crippen molar-refractivity contribution in [3.05, 3.63) is 71.5 Å². The highest BCUT2D eigenvalue weighted by atomic mass is 127. The van der Waals surface area contributed by atoms with Crippen LogP contribution >= 0.6 is 34.4 Å². The van der Waals surface area contributed by atoms with Crippen molar-refractivity contribution < 1.29 is 4.39 Å². The molecule has 0 bridgehead atoms. The van der Waals surface area contributed by atoms with Crippen LogP contribution in [0.2, 0.25) is 0 Å². The maximum atomic E-state index is 13.1. The first-order chi connectivity index (χ1) is 11.2. The number of halogens is 2. The quantitative estimate of drug-likeness (QED) is 0.494. The van der Waals surface area contributed by atoms with Crippen molar-refractivity contribution in [3.63, 3.8) is 0 Å². The van der Waals surface area contributed by atoms with Gasteiger partial charge in [-0.3, -0.25) is 4.99 Å². The molecule has 2 aromatic rings. The molecule has 5 heteroatoms. The number of nitrogens with zero attached hydrogens (tertiary/aromatic N) is 2. The van der Waals surface area contributed by atoms with E-state index < -0.39 is 0 Å². The third-order valence-corrected chi connectivity index (χ3v) is 6.56. The maximum Gasteiger partial charge on any atom is 0.160 e. The van der Waals surface area contributed by atoms with Gasteiger partial charge >= 0.3 is 0 Å². The molecule has 2 nitrogen and oxygen atoms in total. The van der Waals surface area contributed by atoms with Crippen LogP contribution in [-0.2, 0) is 13.1 Å². The Kier molecular flexibility index (Phi) is 5.94. The number of aliphatic imine (C=N–C) groups is 1. The Morgan fingerprint density at radius 3 is 2.30 bits per heavy atom. The molecule has 0 N–H and O–H groups in total. The molecule has 3 rings (SSSR count). The summed E-state index contributed by atoms with van der Waals surface area (Å²) in [7, 11) is 0. The Bertz CT molecular complexity index is 660. The van der Waals surface area contributed by atoms with E-state index in [1.165, 1.54) is 17.7 Å². The fraction of sp³-hybridized carbons (Fsp3) is 0.278. The van der Waals surface area contributed by atoms with Gasteiger partial charge in [-0.2, -0.15) is 0 Å². The van der Waals surface area contributed by atoms with Crippen molar-refractivity contribution in [3.8, 4) is 0 Å². The number of thioether (sulfide) groups is 1. The molecule has 1 aliphatic heterocycles. The molecule has 0 aliphatic carbocycles. The molecule has 1 aliphatic rings. The fourth-order valence-electron chi connectivity index (χ4n) is 2.46. The summed E-state index contributed by atoms with van der Waals surface area (Å²) in [6, 6.07) is 17.2. The molecule has 0 spiro atoms. The minimum absolute atomic E-state index is 0.194. The number of amidine groups is 1. The Hall–Kier alpha value is -1.08.